The molecule has 0 aromatic heterocycles. The summed E-state index contributed by atoms with van der Waals surface area (Å²) in [7, 11) is -1.64. The topological polar surface area (TPSA) is 67.4 Å². The predicted octanol–water partition coefficient (Wildman–Crippen LogP) is 4.11. The number of fused-ring (bicyclic) bond motifs is 1. The average Bonchev–Trinajstić information content (AvgIpc) is 3.12. The third kappa shape index (κ3) is 4.53. The molecule has 5 nitrogen and oxygen atoms in total. The Morgan fingerprint density at radius 2 is 1.96 bits per heavy atom. The standard InChI is InChI=1S/C21H29BrN2O3S/c1-21(2,3)17-11-18(22)15-7-6-13(10-16(15)20(17)27-4)19(24-28(5,25)26)14-8-9-23-12-14/h6-7,10-11,14,19,23-24H,8-9,12H2,1-5H3/t14?,19-/m1/s1. The molecule has 0 spiro atoms. The van der Waals surface area contributed by atoms with E-state index in [1.807, 2.05) is 12.1 Å². The van der Waals surface area contributed by atoms with Crippen LogP contribution in [0.15, 0.2) is 28.7 Å². The lowest BCUT2D eigenvalue weighted by Gasteiger charge is -2.26. The van der Waals surface area contributed by atoms with Gasteiger partial charge in [0.05, 0.1) is 19.4 Å². The largest absolute Gasteiger partial charge is 0.496 e. The molecular formula is C21H29BrN2O3S. The van der Waals surface area contributed by atoms with Crippen LogP contribution in [0.1, 0.15) is 44.4 Å². The lowest BCUT2D eigenvalue weighted by Crippen LogP contribution is -2.33. The van der Waals surface area contributed by atoms with Crippen LogP contribution in [0.5, 0.6) is 5.75 Å². The molecule has 0 amide bonds. The van der Waals surface area contributed by atoms with Crippen LogP contribution in [-0.2, 0) is 15.4 Å². The molecule has 0 aliphatic carbocycles. The first kappa shape index (κ1) is 21.6. The van der Waals surface area contributed by atoms with Crippen molar-refractivity contribution in [3.05, 3.63) is 39.9 Å². The quantitative estimate of drug-likeness (QED) is 0.692. The molecule has 2 N–H and O–H groups in total. The van der Waals surface area contributed by atoms with E-state index >= 15 is 0 Å². The van der Waals surface area contributed by atoms with Crippen LogP contribution in [0, 0.1) is 5.92 Å². The Morgan fingerprint density at radius 1 is 1.25 bits per heavy atom. The van der Waals surface area contributed by atoms with E-state index in [4.69, 9.17) is 4.74 Å². The third-order valence-corrected chi connectivity index (χ3v) is 6.68. The van der Waals surface area contributed by atoms with Crippen molar-refractivity contribution in [1.82, 2.24) is 10.0 Å². The second kappa shape index (κ2) is 7.94. The molecule has 1 fully saturated rings. The van der Waals surface area contributed by atoms with E-state index in [1.54, 1.807) is 7.11 Å². The molecule has 2 aromatic carbocycles. The fourth-order valence-corrected chi connectivity index (χ4v) is 5.34. The smallest absolute Gasteiger partial charge is 0.209 e. The molecule has 0 saturated carbocycles. The fourth-order valence-electron chi connectivity index (χ4n) is 3.97. The normalized spacial score (nSPS) is 19.1. The lowest BCUT2D eigenvalue weighted by atomic mass is 9.84. The molecule has 3 rings (SSSR count). The number of halogens is 1. The maximum absolute atomic E-state index is 12.0. The van der Waals surface area contributed by atoms with Crippen LogP contribution in [0.4, 0.5) is 0 Å². The zero-order valence-electron chi connectivity index (χ0n) is 17.1. The van der Waals surface area contributed by atoms with Crippen LogP contribution in [0.3, 0.4) is 0 Å². The summed E-state index contributed by atoms with van der Waals surface area (Å²) in [6.07, 6.45) is 2.16. The van der Waals surface area contributed by atoms with Gasteiger partial charge in [0.1, 0.15) is 5.75 Å². The summed E-state index contributed by atoms with van der Waals surface area (Å²) in [6, 6.07) is 7.99. The summed E-state index contributed by atoms with van der Waals surface area (Å²) in [6.45, 7) is 8.18. The van der Waals surface area contributed by atoms with Gasteiger partial charge < -0.3 is 10.1 Å². The van der Waals surface area contributed by atoms with Gasteiger partial charge in [-0.1, -0.05) is 48.8 Å². The van der Waals surface area contributed by atoms with Crippen LogP contribution in [0.25, 0.3) is 10.8 Å². The number of rotatable bonds is 5. The molecule has 0 radical (unpaired) electrons. The van der Waals surface area contributed by atoms with E-state index in [-0.39, 0.29) is 17.4 Å². The molecular weight excluding hydrogens is 440 g/mol. The van der Waals surface area contributed by atoms with Crippen molar-refractivity contribution in [2.75, 3.05) is 26.5 Å². The van der Waals surface area contributed by atoms with Gasteiger partial charge in [-0.05, 0) is 53.9 Å². The summed E-state index contributed by atoms with van der Waals surface area (Å²) >= 11 is 3.70. The monoisotopic (exact) mass is 468 g/mol. The van der Waals surface area contributed by atoms with E-state index < -0.39 is 10.0 Å². The Kier molecular flexibility index (Phi) is 6.11. The zero-order chi connectivity index (χ0) is 20.7. The van der Waals surface area contributed by atoms with Gasteiger partial charge >= 0.3 is 0 Å². The molecule has 1 aliphatic heterocycles. The maximum Gasteiger partial charge on any atom is 0.209 e. The highest BCUT2D eigenvalue weighted by atomic mass is 79.9. The van der Waals surface area contributed by atoms with Crippen molar-refractivity contribution < 1.29 is 13.2 Å². The molecule has 1 aliphatic rings. The third-order valence-electron chi connectivity index (χ3n) is 5.34. The molecule has 2 atom stereocenters. The first-order valence-electron chi connectivity index (χ1n) is 9.50. The highest BCUT2D eigenvalue weighted by molar-refractivity contribution is 9.10. The van der Waals surface area contributed by atoms with E-state index in [0.29, 0.717) is 0 Å². The lowest BCUT2D eigenvalue weighted by molar-refractivity contribution is 0.402. The summed E-state index contributed by atoms with van der Waals surface area (Å²) in [5, 5.41) is 5.38. The van der Waals surface area contributed by atoms with E-state index in [1.165, 1.54) is 6.26 Å². The maximum atomic E-state index is 12.0. The van der Waals surface area contributed by atoms with Gasteiger partial charge in [-0.2, -0.15) is 0 Å². The fraction of sp³-hybridized carbons (Fsp3) is 0.524. The number of methoxy groups -OCH3 is 1. The highest BCUT2D eigenvalue weighted by Crippen LogP contribution is 2.42. The minimum atomic E-state index is -3.34. The van der Waals surface area contributed by atoms with Crippen molar-refractivity contribution >= 4 is 36.7 Å². The predicted molar refractivity (Wildman–Crippen MR) is 119 cm³/mol. The number of hydrogen-bond acceptors (Lipinski definition) is 4. The molecule has 1 unspecified atom stereocenters. The van der Waals surface area contributed by atoms with Gasteiger partial charge in [-0.3, -0.25) is 0 Å². The molecule has 154 valence electrons. The Balaban J connectivity index is 2.20. The molecule has 28 heavy (non-hydrogen) atoms. The summed E-state index contributed by atoms with van der Waals surface area (Å²) < 4.78 is 33.8. The number of nitrogens with one attached hydrogen (secondary N) is 2. The number of benzene rings is 2. The minimum absolute atomic E-state index is 0.0855. The second-order valence-electron chi connectivity index (χ2n) is 8.61. The zero-order valence-corrected chi connectivity index (χ0v) is 19.5. The second-order valence-corrected chi connectivity index (χ2v) is 11.2. The van der Waals surface area contributed by atoms with Crippen LogP contribution < -0.4 is 14.8 Å². The van der Waals surface area contributed by atoms with E-state index in [2.05, 4.69) is 58.9 Å². The van der Waals surface area contributed by atoms with Crippen LogP contribution >= 0.6 is 15.9 Å². The van der Waals surface area contributed by atoms with Crippen LogP contribution in [-0.4, -0.2) is 34.9 Å². The SMILES string of the molecule is COc1c(C(C)(C)C)cc(Br)c2ccc([C@@H](NS(C)(=O)=O)C3CCNC3)cc12. The van der Waals surface area contributed by atoms with E-state index in [0.717, 1.165) is 51.6 Å². The number of sulfonamides is 1. The Morgan fingerprint density at radius 3 is 2.50 bits per heavy atom. The summed E-state index contributed by atoms with van der Waals surface area (Å²) in [5.41, 5.74) is 1.99. The van der Waals surface area contributed by atoms with Crippen molar-refractivity contribution in [2.45, 2.75) is 38.6 Å². The summed E-state index contributed by atoms with van der Waals surface area (Å²) in [5.74, 6) is 1.06. The van der Waals surface area contributed by atoms with Gasteiger partial charge in [0.15, 0.2) is 0 Å². The van der Waals surface area contributed by atoms with Crippen molar-refractivity contribution in [2.24, 2.45) is 5.92 Å². The molecule has 1 heterocycles. The first-order chi connectivity index (χ1) is 13.0. The number of ether oxygens (including phenoxy) is 1. The molecule has 2 aromatic rings. The number of hydrogen-bond donors (Lipinski definition) is 2. The molecule has 7 heteroatoms. The Bertz CT molecular complexity index is 977. The van der Waals surface area contributed by atoms with Gasteiger partial charge in [0, 0.05) is 15.4 Å². The average molecular weight is 469 g/mol. The Hall–Kier alpha value is -1.15. The molecule has 1 saturated heterocycles. The van der Waals surface area contributed by atoms with Gasteiger partial charge in [-0.15, -0.1) is 0 Å². The van der Waals surface area contributed by atoms with Crippen molar-refractivity contribution in [3.63, 3.8) is 0 Å². The molecule has 0 bridgehead atoms. The minimum Gasteiger partial charge on any atom is -0.496 e. The van der Waals surface area contributed by atoms with Gasteiger partial charge in [-0.25, -0.2) is 13.1 Å². The van der Waals surface area contributed by atoms with Gasteiger partial charge in [0.2, 0.25) is 10.0 Å². The van der Waals surface area contributed by atoms with Crippen molar-refractivity contribution in [1.29, 1.82) is 0 Å². The summed E-state index contributed by atoms with van der Waals surface area (Å²) in [4.78, 5) is 0. The first-order valence-corrected chi connectivity index (χ1v) is 12.2. The highest BCUT2D eigenvalue weighted by Gasteiger charge is 2.29. The van der Waals surface area contributed by atoms with E-state index in [9.17, 15) is 8.42 Å². The Labute approximate surface area is 176 Å². The van der Waals surface area contributed by atoms with Crippen molar-refractivity contribution in [3.8, 4) is 5.75 Å². The van der Waals surface area contributed by atoms with Gasteiger partial charge in [0.25, 0.3) is 0 Å². The van der Waals surface area contributed by atoms with Crippen LogP contribution in [0.2, 0.25) is 0 Å².